The lowest BCUT2D eigenvalue weighted by molar-refractivity contribution is 0.476. The van der Waals surface area contributed by atoms with Crippen LogP contribution in [0.3, 0.4) is 0 Å². The van der Waals surface area contributed by atoms with Crippen molar-refractivity contribution < 1.29 is 5.11 Å². The molecule has 2 heteroatoms. The van der Waals surface area contributed by atoms with E-state index in [-0.39, 0.29) is 17.0 Å². The van der Waals surface area contributed by atoms with Crippen molar-refractivity contribution in [2.45, 2.75) is 0 Å². The molecule has 0 heterocycles. The summed E-state index contributed by atoms with van der Waals surface area (Å²) >= 11 is 0. The van der Waals surface area contributed by atoms with E-state index in [9.17, 15) is 5.11 Å². The van der Waals surface area contributed by atoms with Crippen LogP contribution in [-0.4, -0.2) is 5.11 Å². The van der Waals surface area contributed by atoms with Gasteiger partial charge in [0, 0.05) is 5.56 Å². The van der Waals surface area contributed by atoms with E-state index in [4.69, 9.17) is 25.0 Å². The lowest BCUT2D eigenvalue weighted by Gasteiger charge is -2.06. The summed E-state index contributed by atoms with van der Waals surface area (Å²) < 4.78 is 0. The maximum absolute atomic E-state index is 9.50. The predicted octanol–water partition coefficient (Wildman–Crippen LogP) is 0.918. The Balaban J connectivity index is 3.74. The molecule has 0 radical (unpaired) electrons. The summed E-state index contributed by atoms with van der Waals surface area (Å²) in [6.07, 6.45) is 15.6. The molecule has 0 saturated carbocycles. The summed E-state index contributed by atoms with van der Waals surface area (Å²) in [5.41, 5.74) is 6.52. The van der Waals surface area contributed by atoms with Crippen molar-refractivity contribution in [2.24, 2.45) is 0 Å². The maximum atomic E-state index is 9.50. The van der Waals surface area contributed by atoms with Gasteiger partial charge >= 0.3 is 0 Å². The highest BCUT2D eigenvalue weighted by Gasteiger charge is 2.11. The van der Waals surface area contributed by atoms with Crippen LogP contribution >= 0.6 is 0 Å². The summed E-state index contributed by atoms with van der Waals surface area (Å²) in [6, 6.07) is 1.42. The minimum absolute atomic E-state index is 0.130. The Morgan fingerprint density at radius 1 is 1.07 bits per heavy atom. The molecule has 66 valence electrons. The number of nitrogen functional groups attached to an aromatic ring is 1. The number of benzene rings is 1. The SMILES string of the molecule is C#Cc1cc(N)c(O)c(C#C)c1C#C. The average molecular weight is 181 g/mol. The van der Waals surface area contributed by atoms with Crippen molar-refractivity contribution in [3.05, 3.63) is 22.8 Å². The Bertz CT molecular complexity index is 507. The summed E-state index contributed by atoms with van der Waals surface area (Å²) in [5.74, 6) is 6.76. The zero-order valence-electron chi connectivity index (χ0n) is 7.33. The Morgan fingerprint density at radius 2 is 1.64 bits per heavy atom. The van der Waals surface area contributed by atoms with Gasteiger partial charge in [0.15, 0.2) is 5.75 Å². The fraction of sp³-hybridized carbons (Fsp3) is 0. The van der Waals surface area contributed by atoms with Crippen LogP contribution in [0.4, 0.5) is 5.69 Å². The summed E-state index contributed by atoms with van der Waals surface area (Å²) in [5, 5.41) is 9.50. The van der Waals surface area contributed by atoms with Crippen LogP contribution < -0.4 is 5.73 Å². The third-order valence-corrected chi connectivity index (χ3v) is 1.77. The first-order chi connectivity index (χ1) is 6.65. The van der Waals surface area contributed by atoms with E-state index in [1.54, 1.807) is 0 Å². The third-order valence-electron chi connectivity index (χ3n) is 1.77. The van der Waals surface area contributed by atoms with Crippen molar-refractivity contribution in [1.82, 2.24) is 0 Å². The highest BCUT2D eigenvalue weighted by atomic mass is 16.3. The van der Waals surface area contributed by atoms with E-state index < -0.39 is 0 Å². The van der Waals surface area contributed by atoms with Crippen molar-refractivity contribution in [2.75, 3.05) is 5.73 Å². The molecule has 1 rings (SSSR count). The molecular weight excluding hydrogens is 174 g/mol. The van der Waals surface area contributed by atoms with E-state index in [0.717, 1.165) is 0 Å². The molecule has 0 saturated heterocycles. The highest BCUT2D eigenvalue weighted by molar-refractivity contribution is 5.71. The number of phenolic OH excluding ortho intramolecular Hbond substituents is 1. The quantitative estimate of drug-likeness (QED) is 0.355. The fourth-order valence-electron chi connectivity index (χ4n) is 1.10. The monoisotopic (exact) mass is 181 g/mol. The summed E-state index contributed by atoms with van der Waals surface area (Å²) in [6.45, 7) is 0. The van der Waals surface area contributed by atoms with Gasteiger partial charge in [0.05, 0.1) is 16.8 Å². The topological polar surface area (TPSA) is 46.2 Å². The smallest absolute Gasteiger partial charge is 0.155 e. The number of hydrogen-bond acceptors (Lipinski definition) is 2. The highest BCUT2D eigenvalue weighted by Crippen LogP contribution is 2.29. The number of phenols is 1. The Hall–Kier alpha value is -2.50. The lowest BCUT2D eigenvalue weighted by Crippen LogP contribution is -1.95. The molecule has 0 aliphatic heterocycles. The van der Waals surface area contributed by atoms with E-state index in [2.05, 4.69) is 17.8 Å². The third kappa shape index (κ3) is 1.24. The molecule has 1 aromatic carbocycles. The van der Waals surface area contributed by atoms with E-state index in [1.807, 2.05) is 0 Å². The molecule has 0 aliphatic rings. The van der Waals surface area contributed by atoms with Crippen LogP contribution in [0.5, 0.6) is 5.75 Å². The van der Waals surface area contributed by atoms with Gasteiger partial charge in [0.1, 0.15) is 0 Å². The van der Waals surface area contributed by atoms with Gasteiger partial charge < -0.3 is 10.8 Å². The Morgan fingerprint density at radius 3 is 2.07 bits per heavy atom. The molecular formula is C12H7NO. The first-order valence-electron chi connectivity index (χ1n) is 3.71. The van der Waals surface area contributed by atoms with Crippen molar-refractivity contribution in [3.63, 3.8) is 0 Å². The van der Waals surface area contributed by atoms with Gasteiger partial charge in [-0.2, -0.15) is 0 Å². The second-order valence-electron chi connectivity index (χ2n) is 2.54. The average Bonchev–Trinajstić information content (AvgIpc) is 2.20. The van der Waals surface area contributed by atoms with Gasteiger partial charge in [0.2, 0.25) is 0 Å². The largest absolute Gasteiger partial charge is 0.504 e. The van der Waals surface area contributed by atoms with Gasteiger partial charge in [-0.1, -0.05) is 17.8 Å². The number of hydrogen-bond donors (Lipinski definition) is 2. The van der Waals surface area contributed by atoms with Gasteiger partial charge in [-0.25, -0.2) is 0 Å². The number of terminal acetylenes is 3. The minimum atomic E-state index is -0.195. The molecule has 0 spiro atoms. The van der Waals surface area contributed by atoms with Crippen LogP contribution in [0, 0.1) is 37.0 Å². The molecule has 0 bridgehead atoms. The van der Waals surface area contributed by atoms with E-state index in [0.29, 0.717) is 11.1 Å². The first kappa shape index (κ1) is 9.59. The molecule has 0 unspecified atom stereocenters. The molecule has 2 nitrogen and oxygen atoms in total. The Kier molecular flexibility index (Phi) is 2.38. The van der Waals surface area contributed by atoms with E-state index >= 15 is 0 Å². The molecule has 0 fully saturated rings. The first-order valence-corrected chi connectivity index (χ1v) is 3.71. The van der Waals surface area contributed by atoms with E-state index in [1.165, 1.54) is 6.07 Å². The minimum Gasteiger partial charge on any atom is -0.504 e. The molecule has 1 aromatic rings. The normalized spacial score (nSPS) is 8.36. The fourth-order valence-corrected chi connectivity index (χ4v) is 1.10. The number of anilines is 1. The van der Waals surface area contributed by atoms with Crippen LogP contribution in [0.15, 0.2) is 6.07 Å². The standard InChI is InChI=1S/C12H7NO/c1-4-8-7-11(13)12(14)10(6-3)9(8)5-2/h1-3,7,14H,13H2. The van der Waals surface area contributed by atoms with Gasteiger partial charge in [-0.05, 0) is 6.07 Å². The van der Waals surface area contributed by atoms with Gasteiger partial charge in [-0.3, -0.25) is 0 Å². The van der Waals surface area contributed by atoms with Gasteiger partial charge in [0.25, 0.3) is 0 Å². The van der Waals surface area contributed by atoms with Crippen LogP contribution in [0.2, 0.25) is 0 Å². The van der Waals surface area contributed by atoms with Crippen molar-refractivity contribution in [3.8, 4) is 42.8 Å². The Labute approximate surface area is 82.8 Å². The molecule has 0 atom stereocenters. The summed E-state index contributed by atoms with van der Waals surface area (Å²) in [7, 11) is 0. The molecule has 0 aliphatic carbocycles. The maximum Gasteiger partial charge on any atom is 0.155 e. The lowest BCUT2D eigenvalue weighted by atomic mass is 10.00. The predicted molar refractivity (Wildman–Crippen MR) is 56.3 cm³/mol. The number of rotatable bonds is 0. The molecule has 14 heavy (non-hydrogen) atoms. The number of nitrogens with two attached hydrogens (primary N) is 1. The second kappa shape index (κ2) is 3.48. The summed E-state index contributed by atoms with van der Waals surface area (Å²) in [4.78, 5) is 0. The zero-order chi connectivity index (χ0) is 10.7. The zero-order valence-corrected chi connectivity index (χ0v) is 7.33. The van der Waals surface area contributed by atoms with Crippen LogP contribution in [-0.2, 0) is 0 Å². The van der Waals surface area contributed by atoms with Crippen molar-refractivity contribution in [1.29, 1.82) is 0 Å². The van der Waals surface area contributed by atoms with Crippen molar-refractivity contribution >= 4 is 5.69 Å². The van der Waals surface area contributed by atoms with Crippen LogP contribution in [0.25, 0.3) is 0 Å². The second-order valence-corrected chi connectivity index (χ2v) is 2.54. The number of aromatic hydroxyl groups is 1. The van der Waals surface area contributed by atoms with Gasteiger partial charge in [-0.15, -0.1) is 19.3 Å². The molecule has 3 N–H and O–H groups in total. The molecule has 0 amide bonds. The molecule has 0 aromatic heterocycles. The van der Waals surface area contributed by atoms with Crippen LogP contribution in [0.1, 0.15) is 16.7 Å².